The lowest BCUT2D eigenvalue weighted by atomic mass is 10.0. The molecular formula is C32H52Si. The molecule has 1 aliphatic rings. The lowest BCUT2D eigenvalue weighted by molar-refractivity contribution is 0.529. The standard InChI is InChI=1S/C32H52Si/c1-4-6-7-8-9-10-11-12-13-14-15-16-17-18-19-20-25-30-28(3)23-21-27-32(30)33-31-26-22-24-29(31)5-2/h21-24,27H,4-20,25-26H2,1-3H3. The summed E-state index contributed by atoms with van der Waals surface area (Å²) in [5, 5.41) is 3.29. The van der Waals surface area contributed by atoms with Gasteiger partial charge in [0, 0.05) is 0 Å². The summed E-state index contributed by atoms with van der Waals surface area (Å²) in [7, 11) is 0.868. The first-order valence-corrected chi connectivity index (χ1v) is 15.5. The Morgan fingerprint density at radius 2 is 1.24 bits per heavy atom. The van der Waals surface area contributed by atoms with Crippen molar-refractivity contribution in [1.82, 2.24) is 0 Å². The second-order valence-corrected chi connectivity index (χ2v) is 11.6. The molecule has 0 spiro atoms. The van der Waals surface area contributed by atoms with Gasteiger partial charge >= 0.3 is 0 Å². The lowest BCUT2D eigenvalue weighted by Gasteiger charge is -2.14. The van der Waals surface area contributed by atoms with Crippen molar-refractivity contribution in [2.75, 3.05) is 0 Å². The number of allylic oxidation sites excluding steroid dienone is 4. The van der Waals surface area contributed by atoms with Gasteiger partial charge in [-0.1, -0.05) is 156 Å². The molecule has 0 atom stereocenters. The highest BCUT2D eigenvalue weighted by Gasteiger charge is 2.13. The molecule has 0 saturated heterocycles. The van der Waals surface area contributed by atoms with Crippen molar-refractivity contribution in [1.29, 1.82) is 0 Å². The maximum Gasteiger partial charge on any atom is 0.117 e. The number of hydrogen-bond acceptors (Lipinski definition) is 0. The van der Waals surface area contributed by atoms with Gasteiger partial charge in [0.2, 0.25) is 0 Å². The molecule has 2 rings (SSSR count). The van der Waals surface area contributed by atoms with E-state index < -0.39 is 0 Å². The molecule has 1 aliphatic carbocycles. The molecular weight excluding hydrogens is 412 g/mol. The van der Waals surface area contributed by atoms with Gasteiger partial charge < -0.3 is 0 Å². The van der Waals surface area contributed by atoms with Gasteiger partial charge in [-0.25, -0.2) is 0 Å². The van der Waals surface area contributed by atoms with Crippen molar-refractivity contribution < 1.29 is 0 Å². The summed E-state index contributed by atoms with van der Waals surface area (Å²) in [5.74, 6) is 0. The van der Waals surface area contributed by atoms with E-state index in [-0.39, 0.29) is 0 Å². The predicted octanol–water partition coefficient (Wildman–Crippen LogP) is 9.75. The minimum Gasteiger partial charge on any atom is -0.0806 e. The number of rotatable bonds is 20. The molecule has 0 N–H and O–H groups in total. The Bertz CT molecular complexity index is 696. The molecule has 0 bridgehead atoms. The van der Waals surface area contributed by atoms with E-state index in [0.717, 1.165) is 9.52 Å². The van der Waals surface area contributed by atoms with E-state index in [1.165, 1.54) is 128 Å². The first kappa shape index (κ1) is 28.2. The zero-order valence-corrected chi connectivity index (χ0v) is 23.3. The molecule has 0 amide bonds. The molecule has 33 heavy (non-hydrogen) atoms. The van der Waals surface area contributed by atoms with Crippen LogP contribution in [0.3, 0.4) is 0 Å². The van der Waals surface area contributed by atoms with E-state index in [2.05, 4.69) is 51.1 Å². The van der Waals surface area contributed by atoms with E-state index in [0.29, 0.717) is 0 Å². The Morgan fingerprint density at radius 1 is 0.697 bits per heavy atom. The average Bonchev–Trinajstić information content (AvgIpc) is 3.27. The second kappa shape index (κ2) is 18.3. The quantitative estimate of drug-likeness (QED) is 0.133. The zero-order chi connectivity index (χ0) is 23.6. The molecule has 184 valence electrons. The van der Waals surface area contributed by atoms with Crippen LogP contribution in [0.25, 0.3) is 0 Å². The van der Waals surface area contributed by atoms with Crippen molar-refractivity contribution in [3.8, 4) is 0 Å². The van der Waals surface area contributed by atoms with Crippen LogP contribution in [0.2, 0.25) is 0 Å². The van der Waals surface area contributed by atoms with E-state index >= 15 is 0 Å². The summed E-state index contributed by atoms with van der Waals surface area (Å²) in [6.45, 7) is 6.91. The molecule has 0 saturated carbocycles. The highest BCUT2D eigenvalue weighted by atomic mass is 28.2. The fraction of sp³-hybridized carbons (Fsp3) is 0.688. The third-order valence-corrected chi connectivity index (χ3v) is 8.95. The van der Waals surface area contributed by atoms with Gasteiger partial charge in [-0.15, -0.1) is 0 Å². The highest BCUT2D eigenvalue weighted by Crippen LogP contribution is 2.21. The van der Waals surface area contributed by atoms with E-state index in [1.807, 2.05) is 0 Å². The van der Waals surface area contributed by atoms with Gasteiger partial charge in [-0.3, -0.25) is 0 Å². The molecule has 1 heteroatoms. The van der Waals surface area contributed by atoms with Gasteiger partial charge in [0.1, 0.15) is 9.52 Å². The monoisotopic (exact) mass is 464 g/mol. The van der Waals surface area contributed by atoms with Gasteiger partial charge in [0.25, 0.3) is 0 Å². The van der Waals surface area contributed by atoms with Crippen LogP contribution in [0.1, 0.15) is 141 Å². The van der Waals surface area contributed by atoms with Crippen LogP contribution in [0.4, 0.5) is 0 Å². The topological polar surface area (TPSA) is 0 Å². The van der Waals surface area contributed by atoms with Crippen LogP contribution in [0.5, 0.6) is 0 Å². The number of aryl methyl sites for hydroxylation is 1. The van der Waals surface area contributed by atoms with Gasteiger partial charge in [-0.05, 0) is 43.7 Å². The Kier molecular flexibility index (Phi) is 15.6. The fourth-order valence-electron chi connectivity index (χ4n) is 5.18. The van der Waals surface area contributed by atoms with E-state index in [4.69, 9.17) is 0 Å². The number of benzene rings is 1. The molecule has 0 aliphatic heterocycles. The average molecular weight is 465 g/mol. The van der Waals surface area contributed by atoms with Crippen molar-refractivity contribution in [2.24, 2.45) is 0 Å². The van der Waals surface area contributed by atoms with E-state index in [1.54, 1.807) is 21.5 Å². The van der Waals surface area contributed by atoms with Gasteiger partial charge in [0.05, 0.1) is 0 Å². The summed E-state index contributed by atoms with van der Waals surface area (Å²) >= 11 is 0. The fourth-order valence-corrected chi connectivity index (χ4v) is 6.80. The Hall–Kier alpha value is -1.08. The first-order chi connectivity index (χ1) is 16.3. The van der Waals surface area contributed by atoms with Crippen LogP contribution in [0.15, 0.2) is 41.1 Å². The Balaban J connectivity index is 1.50. The smallest absolute Gasteiger partial charge is 0.0806 e. The summed E-state index contributed by atoms with van der Waals surface area (Å²) in [4.78, 5) is 0. The van der Waals surface area contributed by atoms with Crippen molar-refractivity contribution in [2.45, 2.75) is 143 Å². The molecule has 0 aromatic heterocycles. The molecule has 0 heterocycles. The first-order valence-electron chi connectivity index (χ1n) is 14.5. The maximum atomic E-state index is 2.39. The zero-order valence-electron chi connectivity index (χ0n) is 22.3. The van der Waals surface area contributed by atoms with Crippen molar-refractivity contribution in [3.63, 3.8) is 0 Å². The lowest BCUT2D eigenvalue weighted by Crippen LogP contribution is -2.22. The van der Waals surface area contributed by atoms with Crippen LogP contribution < -0.4 is 5.19 Å². The van der Waals surface area contributed by atoms with Crippen LogP contribution in [0, 0.1) is 6.92 Å². The van der Waals surface area contributed by atoms with Crippen molar-refractivity contribution >= 4 is 14.7 Å². The Morgan fingerprint density at radius 3 is 1.79 bits per heavy atom. The van der Waals surface area contributed by atoms with Crippen molar-refractivity contribution in [3.05, 3.63) is 52.2 Å². The van der Waals surface area contributed by atoms with E-state index in [9.17, 15) is 0 Å². The van der Waals surface area contributed by atoms with Crippen LogP contribution >= 0.6 is 0 Å². The highest BCUT2D eigenvalue weighted by molar-refractivity contribution is 6.62. The minimum absolute atomic E-state index is 0.868. The third-order valence-electron chi connectivity index (χ3n) is 7.39. The summed E-state index contributed by atoms with van der Waals surface area (Å²) < 4.78 is 0. The summed E-state index contributed by atoms with van der Waals surface area (Å²) in [6.07, 6.45) is 31.4. The Labute approximate surface area is 209 Å². The molecule has 0 fully saturated rings. The molecule has 0 nitrogen and oxygen atoms in total. The number of unbranched alkanes of at least 4 members (excludes halogenated alkanes) is 15. The molecule has 0 unspecified atom stereocenters. The van der Waals surface area contributed by atoms with Gasteiger partial charge in [-0.2, -0.15) is 0 Å². The molecule has 2 radical (unpaired) electrons. The van der Waals surface area contributed by atoms with Gasteiger partial charge in [0.15, 0.2) is 0 Å². The predicted molar refractivity (Wildman–Crippen MR) is 151 cm³/mol. The van der Waals surface area contributed by atoms with Crippen LogP contribution in [-0.4, -0.2) is 9.52 Å². The largest absolute Gasteiger partial charge is 0.117 e. The normalized spacial score (nSPS) is 13.4. The second-order valence-electron chi connectivity index (χ2n) is 10.2. The molecule has 1 aromatic carbocycles. The maximum absolute atomic E-state index is 2.39. The SMILES string of the molecule is CCCCCCCCCCCCCCCCCCc1c(C)cccc1[Si]C1=C(CC)C=CC1. The van der Waals surface area contributed by atoms with Crippen LogP contribution in [-0.2, 0) is 6.42 Å². The molecule has 1 aromatic rings. The summed E-state index contributed by atoms with van der Waals surface area (Å²) in [6, 6.07) is 6.98. The number of hydrogen-bond donors (Lipinski definition) is 0. The summed E-state index contributed by atoms with van der Waals surface area (Å²) in [5.41, 5.74) is 4.74. The third kappa shape index (κ3) is 11.7. The minimum atomic E-state index is 0.868.